The molecular weight excluding hydrogens is 777 g/mol. The summed E-state index contributed by atoms with van der Waals surface area (Å²) in [4.78, 5) is 27.9. The van der Waals surface area contributed by atoms with Gasteiger partial charge in [0.2, 0.25) is 0 Å². The van der Waals surface area contributed by atoms with Gasteiger partial charge in [0.25, 0.3) is 0 Å². The van der Waals surface area contributed by atoms with Crippen molar-refractivity contribution in [2.45, 2.75) is 185 Å². The average Bonchev–Trinajstić information content (AvgIpc) is 3.57. The van der Waals surface area contributed by atoms with Gasteiger partial charge in [-0.1, -0.05) is 82.1 Å². The third-order valence-corrected chi connectivity index (χ3v) is 15.9. The predicted octanol–water partition coefficient (Wildman–Crippen LogP) is 7.29. The lowest BCUT2D eigenvalue weighted by Gasteiger charge is -2.49. The van der Waals surface area contributed by atoms with E-state index in [1.807, 2.05) is 25.2 Å². The lowest BCUT2D eigenvalue weighted by atomic mass is 9.71. The fourth-order valence-corrected chi connectivity index (χ4v) is 12.5. The zero-order chi connectivity index (χ0) is 43.4. The second-order valence-corrected chi connectivity index (χ2v) is 20.2. The van der Waals surface area contributed by atoms with Crippen molar-refractivity contribution in [1.82, 2.24) is 0 Å². The van der Waals surface area contributed by atoms with E-state index in [2.05, 4.69) is 52.8 Å². The standard InChI is InChI=1S/C50H72O11/c1-27-13-12-16-35-26-56-47-45(52)30(4)21-38(50(35,47)54)48(53)59-37-23-36(60-49(25-37)20-19-29(3)46(61-49)34-14-10-9-11-15-34)18-17-28(2)42(27)41-24-39(55-8)43(32(6)57-41)40-22-31(5)44(51)33(7)58-40/h12-13,16-17,19-21,27,29,31-34,36-44,46-47,51,54H,9-11,14-15,18,22-26H2,1-8H3/b13-12+,28-17+,35-16+/t27-,29-,31-,32-,33-,36+,37-,38-,39-,40?,41+,42?,43-,44+,46-,47+,49+,50+/m0/s1. The second kappa shape index (κ2) is 18.2. The van der Waals surface area contributed by atoms with Crippen LogP contribution in [0.1, 0.15) is 113 Å². The molecule has 11 nitrogen and oxygen atoms in total. The van der Waals surface area contributed by atoms with E-state index in [-0.39, 0.29) is 84.7 Å². The van der Waals surface area contributed by atoms with Gasteiger partial charge in [0.15, 0.2) is 17.7 Å². The Balaban J connectivity index is 1.14. The van der Waals surface area contributed by atoms with Gasteiger partial charge in [-0.3, -0.25) is 9.59 Å². The molecule has 8 aliphatic rings. The number of allylic oxidation sites excluding steroid dienone is 3. The lowest BCUT2D eigenvalue weighted by Crippen LogP contribution is -2.57. The van der Waals surface area contributed by atoms with Crippen LogP contribution in [0.25, 0.3) is 0 Å². The fraction of sp³-hybridized carbons (Fsp3) is 0.760. The highest BCUT2D eigenvalue weighted by molar-refractivity contribution is 6.03. The maximum absolute atomic E-state index is 14.4. The molecule has 11 heteroatoms. The summed E-state index contributed by atoms with van der Waals surface area (Å²) >= 11 is 0. The SMILES string of the molecule is CO[C@H]1C[C@H](C2/C(C)=C/C[C@@H]3C[C@@H](C[C@]4(C=C[C@H](C)[C@@H](C5CCCCC5)O4)O3)OC(=O)[C@@H]3C=C(C)C(=O)[C@H]4OC/C(=C\C=C\[C@@H]2C)[C@]43O)O[C@@H](C)[C@@H]1C1C[C@H](C)[C@@H](O)[C@H](C)O1. The molecule has 6 aliphatic heterocycles. The predicted molar refractivity (Wildman–Crippen MR) is 229 cm³/mol. The number of esters is 1. The molecule has 0 amide bonds. The average molecular weight is 849 g/mol. The van der Waals surface area contributed by atoms with Gasteiger partial charge in [-0.15, -0.1) is 0 Å². The summed E-state index contributed by atoms with van der Waals surface area (Å²) in [5.74, 6) is -2.43. The first-order valence-corrected chi connectivity index (χ1v) is 23.5. The number of fused-ring (bicyclic) bond motifs is 2. The van der Waals surface area contributed by atoms with E-state index in [9.17, 15) is 19.8 Å². The zero-order valence-corrected chi connectivity index (χ0v) is 37.7. The Morgan fingerprint density at radius 3 is 2.36 bits per heavy atom. The topological polar surface area (TPSA) is 139 Å². The Bertz CT molecular complexity index is 1760. The summed E-state index contributed by atoms with van der Waals surface area (Å²) in [6.07, 6.45) is 19.2. The molecule has 2 aliphatic carbocycles. The molecule has 2 unspecified atom stereocenters. The molecule has 1 saturated carbocycles. The van der Waals surface area contributed by atoms with Crippen LogP contribution in [0.15, 0.2) is 59.3 Å². The summed E-state index contributed by atoms with van der Waals surface area (Å²) in [5.41, 5.74) is 0.103. The first-order chi connectivity index (χ1) is 29.1. The van der Waals surface area contributed by atoms with Crippen molar-refractivity contribution < 1.29 is 53.0 Å². The highest BCUT2D eigenvalue weighted by atomic mass is 16.7. The molecule has 8 rings (SSSR count). The van der Waals surface area contributed by atoms with Gasteiger partial charge < -0.3 is 43.4 Å². The minimum Gasteiger partial charge on any atom is -0.462 e. The quantitative estimate of drug-likeness (QED) is 0.218. The molecule has 0 aromatic heterocycles. The van der Waals surface area contributed by atoms with E-state index in [1.54, 1.807) is 20.1 Å². The summed E-state index contributed by atoms with van der Waals surface area (Å²) in [7, 11) is 1.77. The van der Waals surface area contributed by atoms with Gasteiger partial charge in [-0.05, 0) is 88.4 Å². The smallest absolute Gasteiger partial charge is 0.316 e. The van der Waals surface area contributed by atoms with E-state index >= 15 is 0 Å². The van der Waals surface area contributed by atoms with Crippen molar-refractivity contribution in [1.29, 1.82) is 0 Å². The van der Waals surface area contributed by atoms with Crippen molar-refractivity contribution >= 4 is 11.8 Å². The molecule has 338 valence electrons. The number of aliphatic hydroxyl groups is 2. The minimum absolute atomic E-state index is 0.000206. The Labute approximate surface area is 363 Å². The number of Topliss-reactive ketones (excluding diaryl/α,β-unsaturated/α-hetero) is 1. The van der Waals surface area contributed by atoms with Crippen LogP contribution in [0.3, 0.4) is 0 Å². The number of carbonyl (C=O) groups is 2. The zero-order valence-electron chi connectivity index (χ0n) is 37.7. The van der Waals surface area contributed by atoms with Crippen molar-refractivity contribution in [3.63, 3.8) is 0 Å². The Kier molecular flexibility index (Phi) is 13.4. The van der Waals surface area contributed by atoms with Crippen molar-refractivity contribution in [3.8, 4) is 0 Å². The Hall–Kier alpha value is -2.48. The first-order valence-electron chi connectivity index (χ1n) is 23.5. The number of hydrogen-bond donors (Lipinski definition) is 2. The van der Waals surface area contributed by atoms with Crippen LogP contribution in [0.5, 0.6) is 0 Å². The Morgan fingerprint density at radius 1 is 0.869 bits per heavy atom. The summed E-state index contributed by atoms with van der Waals surface area (Å²) in [6.45, 7) is 14.4. The van der Waals surface area contributed by atoms with Gasteiger partial charge in [0.05, 0.1) is 55.4 Å². The summed E-state index contributed by atoms with van der Waals surface area (Å²) in [6, 6.07) is 0. The van der Waals surface area contributed by atoms with Crippen LogP contribution in [-0.4, -0.2) is 108 Å². The van der Waals surface area contributed by atoms with Gasteiger partial charge in [-0.25, -0.2) is 0 Å². The van der Waals surface area contributed by atoms with Crippen LogP contribution in [0, 0.1) is 41.4 Å². The van der Waals surface area contributed by atoms with Gasteiger partial charge in [0, 0.05) is 44.1 Å². The second-order valence-electron chi connectivity index (χ2n) is 20.2. The molecule has 61 heavy (non-hydrogen) atoms. The number of hydrogen-bond acceptors (Lipinski definition) is 11. The largest absolute Gasteiger partial charge is 0.462 e. The van der Waals surface area contributed by atoms with Crippen LogP contribution in [0.4, 0.5) is 0 Å². The fourth-order valence-electron chi connectivity index (χ4n) is 12.5. The molecule has 0 aromatic carbocycles. The monoisotopic (exact) mass is 849 g/mol. The van der Waals surface area contributed by atoms with E-state index in [4.69, 9.17) is 33.2 Å². The number of carbonyl (C=O) groups excluding carboxylic acids is 2. The normalized spacial score (nSPS) is 49.8. The third-order valence-electron chi connectivity index (χ3n) is 15.9. The summed E-state index contributed by atoms with van der Waals surface area (Å²) in [5, 5.41) is 23.2. The number of aliphatic hydroxyl groups excluding tert-OH is 1. The van der Waals surface area contributed by atoms with E-state index in [1.165, 1.54) is 19.3 Å². The minimum atomic E-state index is -1.90. The molecule has 18 atom stereocenters. The first kappa shape index (κ1) is 45.1. The van der Waals surface area contributed by atoms with Crippen LogP contribution in [-0.2, 0) is 42.7 Å². The van der Waals surface area contributed by atoms with Crippen molar-refractivity contribution in [3.05, 3.63) is 59.3 Å². The van der Waals surface area contributed by atoms with Gasteiger partial charge in [0.1, 0.15) is 17.6 Å². The van der Waals surface area contributed by atoms with E-state index in [0.717, 1.165) is 24.8 Å². The maximum atomic E-state index is 14.4. The van der Waals surface area contributed by atoms with E-state index < -0.39 is 41.6 Å². The molecule has 0 radical (unpaired) electrons. The molecule has 2 N–H and O–H groups in total. The van der Waals surface area contributed by atoms with Gasteiger partial charge >= 0.3 is 5.97 Å². The molecule has 2 bridgehead atoms. The third kappa shape index (κ3) is 8.73. The molecule has 1 spiro atoms. The van der Waals surface area contributed by atoms with Crippen LogP contribution >= 0.6 is 0 Å². The molecule has 0 aromatic rings. The number of ketones is 1. The lowest BCUT2D eigenvalue weighted by molar-refractivity contribution is -0.301. The Morgan fingerprint density at radius 2 is 1.62 bits per heavy atom. The molecule has 4 saturated heterocycles. The van der Waals surface area contributed by atoms with E-state index in [0.29, 0.717) is 42.7 Å². The summed E-state index contributed by atoms with van der Waals surface area (Å²) < 4.78 is 46.4. The van der Waals surface area contributed by atoms with Crippen LogP contribution in [0.2, 0.25) is 0 Å². The highest BCUT2D eigenvalue weighted by Gasteiger charge is 2.60. The number of methoxy groups -OCH3 is 1. The molecule has 5 fully saturated rings. The number of rotatable bonds is 4. The highest BCUT2D eigenvalue weighted by Crippen LogP contribution is 2.48. The number of ether oxygens (including phenoxy) is 7. The molecular formula is C50H72O11. The van der Waals surface area contributed by atoms with Crippen LogP contribution < -0.4 is 0 Å². The molecule has 6 heterocycles. The van der Waals surface area contributed by atoms with Crippen molar-refractivity contribution in [2.24, 2.45) is 41.4 Å². The van der Waals surface area contributed by atoms with Crippen molar-refractivity contribution in [2.75, 3.05) is 13.7 Å². The van der Waals surface area contributed by atoms with Gasteiger partial charge in [-0.2, -0.15) is 0 Å². The maximum Gasteiger partial charge on any atom is 0.316 e.